The van der Waals surface area contributed by atoms with Crippen molar-refractivity contribution in [2.24, 2.45) is 11.8 Å². The molecule has 1 saturated carbocycles. The molecule has 2 aromatic carbocycles. The van der Waals surface area contributed by atoms with Crippen molar-refractivity contribution in [2.75, 3.05) is 5.32 Å². The summed E-state index contributed by atoms with van der Waals surface area (Å²) in [5.74, 6) is -7.18. The first-order valence-electron chi connectivity index (χ1n) is 11.0. The summed E-state index contributed by atoms with van der Waals surface area (Å²) in [5.41, 5.74) is 0.388. The first-order valence-corrected chi connectivity index (χ1v) is 11.4. The monoisotopic (exact) mass is 533 g/mol. The van der Waals surface area contributed by atoms with Crippen molar-refractivity contribution in [2.45, 2.75) is 50.5 Å². The number of hydrogen-bond donors (Lipinski definition) is 2. The maximum Gasteiger partial charge on any atom is 0.586 e. The highest BCUT2D eigenvalue weighted by molar-refractivity contribution is 6.33. The van der Waals surface area contributed by atoms with Crippen LogP contribution in [0.2, 0.25) is 5.02 Å². The number of anilines is 1. The maximum absolute atomic E-state index is 13.7. The fourth-order valence-corrected chi connectivity index (χ4v) is 4.50. The van der Waals surface area contributed by atoms with Crippen LogP contribution in [0.15, 0.2) is 36.4 Å². The molecule has 0 radical (unpaired) electrons. The fraction of sp³-hybridized carbons (Fsp3) is 0.417. The van der Waals surface area contributed by atoms with Gasteiger partial charge in [0.05, 0.1) is 29.0 Å². The van der Waals surface area contributed by atoms with Gasteiger partial charge >= 0.3 is 18.4 Å². The zero-order valence-corrected chi connectivity index (χ0v) is 19.5. The summed E-state index contributed by atoms with van der Waals surface area (Å²) < 4.78 is 76.5. The summed E-state index contributed by atoms with van der Waals surface area (Å²) in [7, 11) is 0. The zero-order chi connectivity index (χ0) is 26.4. The summed E-state index contributed by atoms with van der Waals surface area (Å²) in [5, 5.41) is 11.7. The molecule has 4 rings (SSSR count). The van der Waals surface area contributed by atoms with Gasteiger partial charge < -0.3 is 19.9 Å². The molecule has 0 saturated heterocycles. The lowest BCUT2D eigenvalue weighted by atomic mass is 9.85. The summed E-state index contributed by atoms with van der Waals surface area (Å²) in [6.45, 7) is 0.803. The Kier molecular flexibility index (Phi) is 6.80. The van der Waals surface area contributed by atoms with Gasteiger partial charge in [-0.2, -0.15) is 13.2 Å². The van der Waals surface area contributed by atoms with Crippen molar-refractivity contribution >= 4 is 29.2 Å². The molecule has 0 bridgehead atoms. The molecule has 2 N–H and O–H groups in total. The summed E-state index contributed by atoms with van der Waals surface area (Å²) >= 11 is 6.20. The molecule has 6 nitrogen and oxygen atoms in total. The number of carbonyl (C=O) groups excluding carboxylic acids is 1. The summed E-state index contributed by atoms with van der Waals surface area (Å²) in [6, 6.07) is 7.53. The predicted octanol–water partition coefficient (Wildman–Crippen LogP) is 6.55. The van der Waals surface area contributed by atoms with E-state index in [2.05, 4.69) is 14.8 Å². The molecule has 1 unspecified atom stereocenters. The van der Waals surface area contributed by atoms with Crippen LogP contribution in [-0.4, -0.2) is 29.5 Å². The second-order valence-electron chi connectivity index (χ2n) is 8.95. The van der Waals surface area contributed by atoms with Gasteiger partial charge in [-0.25, -0.2) is 0 Å². The van der Waals surface area contributed by atoms with Gasteiger partial charge in [0.25, 0.3) is 0 Å². The summed E-state index contributed by atoms with van der Waals surface area (Å²) in [4.78, 5) is 24.5. The van der Waals surface area contributed by atoms with Crippen molar-refractivity contribution in [1.29, 1.82) is 0 Å². The van der Waals surface area contributed by atoms with Crippen LogP contribution in [0.5, 0.6) is 11.5 Å². The third-order valence-electron chi connectivity index (χ3n) is 6.35. The molecule has 1 heterocycles. The average Bonchev–Trinajstić information content (AvgIpc) is 3.55. The highest BCUT2D eigenvalue weighted by Crippen LogP contribution is 2.47. The third-order valence-corrected chi connectivity index (χ3v) is 6.67. The van der Waals surface area contributed by atoms with Crippen molar-refractivity contribution < 1.29 is 46.1 Å². The molecule has 1 aliphatic carbocycles. The molecule has 1 amide bonds. The molecule has 12 heteroatoms. The van der Waals surface area contributed by atoms with Gasteiger partial charge in [0, 0.05) is 0 Å². The molecule has 1 fully saturated rings. The van der Waals surface area contributed by atoms with Crippen molar-refractivity contribution in [1.82, 2.24) is 0 Å². The molecular formula is C24H21ClF5NO5. The van der Waals surface area contributed by atoms with Crippen LogP contribution in [0.25, 0.3) is 0 Å². The fourth-order valence-electron chi connectivity index (χ4n) is 4.34. The number of rotatable bonds is 8. The van der Waals surface area contributed by atoms with Crippen LogP contribution >= 0.6 is 11.6 Å². The summed E-state index contributed by atoms with van der Waals surface area (Å²) in [6.07, 6.45) is -7.23. The minimum absolute atomic E-state index is 0.0156. The highest BCUT2D eigenvalue weighted by atomic mass is 35.5. The molecule has 2 aliphatic rings. The van der Waals surface area contributed by atoms with Gasteiger partial charge in [-0.05, 0) is 60.1 Å². The van der Waals surface area contributed by atoms with Crippen molar-refractivity contribution in [3.63, 3.8) is 0 Å². The van der Waals surface area contributed by atoms with Crippen LogP contribution in [0.4, 0.5) is 27.6 Å². The third kappa shape index (κ3) is 5.66. The molecule has 0 spiro atoms. The average molecular weight is 534 g/mol. The van der Waals surface area contributed by atoms with Crippen LogP contribution in [0, 0.1) is 11.8 Å². The minimum atomic E-state index is -4.80. The molecule has 0 aromatic heterocycles. The predicted molar refractivity (Wildman–Crippen MR) is 118 cm³/mol. The Hall–Kier alpha value is -3.08. The second kappa shape index (κ2) is 9.42. The number of alkyl halides is 5. The van der Waals surface area contributed by atoms with Gasteiger partial charge in [-0.15, -0.1) is 8.78 Å². The van der Waals surface area contributed by atoms with E-state index in [0.717, 1.165) is 38.0 Å². The number of ether oxygens (including phenoxy) is 2. The molecule has 194 valence electrons. The van der Waals surface area contributed by atoms with E-state index in [0.29, 0.717) is 5.56 Å². The SMILES string of the molecule is C[C@H](C(C(=O)Nc1cc([C@@H](CC(=O)O)C2CC2)ccc1Cl)c1ccc2c(c1)OC(F)(F)O2)C(F)(F)F. The van der Waals surface area contributed by atoms with Crippen molar-refractivity contribution in [3.05, 3.63) is 52.5 Å². The Balaban J connectivity index is 1.65. The lowest BCUT2D eigenvalue weighted by Crippen LogP contribution is -2.34. The number of benzene rings is 2. The van der Waals surface area contributed by atoms with Crippen LogP contribution in [0.1, 0.15) is 49.1 Å². The quantitative estimate of drug-likeness (QED) is 0.376. The number of nitrogens with one attached hydrogen (secondary N) is 1. The number of fused-ring (bicyclic) bond motifs is 1. The lowest BCUT2D eigenvalue weighted by Gasteiger charge is -2.26. The Morgan fingerprint density at radius 1 is 1.11 bits per heavy atom. The topological polar surface area (TPSA) is 84.9 Å². The van der Waals surface area contributed by atoms with Gasteiger partial charge in [-0.3, -0.25) is 9.59 Å². The van der Waals surface area contributed by atoms with Crippen molar-refractivity contribution in [3.8, 4) is 11.5 Å². The Labute approximate surface area is 207 Å². The molecular weight excluding hydrogens is 513 g/mol. The van der Waals surface area contributed by atoms with Crippen LogP contribution in [-0.2, 0) is 9.59 Å². The van der Waals surface area contributed by atoms with Crippen LogP contribution in [0.3, 0.4) is 0 Å². The van der Waals surface area contributed by atoms with E-state index in [1.165, 1.54) is 12.1 Å². The number of halogens is 6. The molecule has 1 aliphatic heterocycles. The minimum Gasteiger partial charge on any atom is -0.481 e. The van der Waals surface area contributed by atoms with E-state index < -0.39 is 41.9 Å². The zero-order valence-electron chi connectivity index (χ0n) is 18.7. The number of hydrogen-bond acceptors (Lipinski definition) is 4. The van der Waals surface area contributed by atoms with Gasteiger partial charge in [0.15, 0.2) is 11.5 Å². The van der Waals surface area contributed by atoms with E-state index in [-0.39, 0.29) is 40.3 Å². The van der Waals surface area contributed by atoms with Crippen LogP contribution < -0.4 is 14.8 Å². The second-order valence-corrected chi connectivity index (χ2v) is 9.36. The number of carboxylic acids is 1. The number of carboxylic acid groups (broad SMARTS) is 1. The van der Waals surface area contributed by atoms with Gasteiger partial charge in [0.1, 0.15) is 0 Å². The molecule has 2 aromatic rings. The standard InChI is InChI=1S/C24H21ClF5NO5/c1-11(23(26,27)28)21(14-5-7-18-19(9-14)36-24(29,30)35-18)22(34)31-17-8-13(4-6-16(17)25)15(10-20(32)33)12-2-3-12/h4-9,11-12,15,21H,2-3,10H2,1H3,(H,31,34)(H,32,33)/t11-,15+,21?/m1/s1. The smallest absolute Gasteiger partial charge is 0.481 e. The van der Waals surface area contributed by atoms with Gasteiger partial charge in [0.2, 0.25) is 5.91 Å². The van der Waals surface area contributed by atoms with E-state index in [4.69, 9.17) is 11.6 Å². The first kappa shape index (κ1) is 26.0. The van der Waals surface area contributed by atoms with E-state index in [9.17, 15) is 36.6 Å². The Bertz CT molecular complexity index is 1180. The Morgan fingerprint density at radius 2 is 1.75 bits per heavy atom. The number of carbonyl (C=O) groups is 2. The largest absolute Gasteiger partial charge is 0.586 e. The van der Waals surface area contributed by atoms with E-state index >= 15 is 0 Å². The Morgan fingerprint density at radius 3 is 2.36 bits per heavy atom. The maximum atomic E-state index is 13.7. The molecule has 36 heavy (non-hydrogen) atoms. The number of amides is 1. The lowest BCUT2D eigenvalue weighted by molar-refractivity contribution is -0.286. The highest BCUT2D eigenvalue weighted by Gasteiger charge is 2.47. The van der Waals surface area contributed by atoms with Gasteiger partial charge in [-0.1, -0.05) is 30.7 Å². The number of aliphatic carboxylic acids is 1. The van der Waals surface area contributed by atoms with E-state index in [1.807, 2.05) is 0 Å². The normalized spacial score (nSPS) is 18.9. The molecule has 3 atom stereocenters. The first-order chi connectivity index (χ1) is 16.7. The van der Waals surface area contributed by atoms with E-state index in [1.54, 1.807) is 6.07 Å².